The van der Waals surface area contributed by atoms with Crippen molar-refractivity contribution in [2.75, 3.05) is 23.7 Å². The lowest BCUT2D eigenvalue weighted by molar-refractivity contribution is 0.615. The Balaban J connectivity index is 1.60. The molecule has 5 rings (SSSR count). The van der Waals surface area contributed by atoms with E-state index in [9.17, 15) is 4.39 Å². The number of aromatic nitrogens is 2. The van der Waals surface area contributed by atoms with Crippen LogP contribution in [-0.4, -0.2) is 29.1 Å². The van der Waals surface area contributed by atoms with Crippen LogP contribution in [0.2, 0.25) is 5.02 Å². The second-order valence-corrected chi connectivity index (χ2v) is 8.94. The van der Waals surface area contributed by atoms with E-state index in [1.807, 2.05) is 0 Å². The fourth-order valence-electron chi connectivity index (χ4n) is 4.37. The standard InChI is InChI=1S/C25H27ClFN5/c1-2-22(16-6-7-16)30-24-19-5-3-4-18(15-10-12-28-13-11-15)23(19)31-25(32-24)29-17-8-9-21(27)20(26)14-17/h3-5,8-10,14,16,22,28H,2,6-7,11-13H2,1H3,(H2,29,30,31,32)/t22-/m1/s1. The summed E-state index contributed by atoms with van der Waals surface area (Å²) >= 11 is 5.98. The summed E-state index contributed by atoms with van der Waals surface area (Å²) < 4.78 is 13.6. The molecule has 0 spiro atoms. The summed E-state index contributed by atoms with van der Waals surface area (Å²) in [7, 11) is 0. The summed E-state index contributed by atoms with van der Waals surface area (Å²) in [5.41, 5.74) is 3.99. The predicted molar refractivity (Wildman–Crippen MR) is 130 cm³/mol. The zero-order valence-corrected chi connectivity index (χ0v) is 18.8. The Morgan fingerprint density at radius 1 is 1.22 bits per heavy atom. The highest BCUT2D eigenvalue weighted by atomic mass is 35.5. The normalized spacial score (nSPS) is 17.2. The maximum absolute atomic E-state index is 13.6. The Morgan fingerprint density at radius 2 is 2.09 bits per heavy atom. The van der Waals surface area contributed by atoms with Crippen LogP contribution in [0.1, 0.15) is 38.2 Å². The Kier molecular flexibility index (Phi) is 5.98. The van der Waals surface area contributed by atoms with Crippen molar-refractivity contribution in [1.82, 2.24) is 15.3 Å². The van der Waals surface area contributed by atoms with Crippen LogP contribution in [-0.2, 0) is 0 Å². The highest BCUT2D eigenvalue weighted by molar-refractivity contribution is 6.31. The molecule has 5 nitrogen and oxygen atoms in total. The van der Waals surface area contributed by atoms with Gasteiger partial charge in [-0.05, 0) is 68.0 Å². The third kappa shape index (κ3) is 4.43. The Morgan fingerprint density at radius 3 is 2.81 bits per heavy atom. The molecule has 2 aliphatic rings. The Hall–Kier alpha value is -2.70. The number of para-hydroxylation sites is 1. The molecular formula is C25H27ClFN5. The van der Waals surface area contributed by atoms with E-state index in [-0.39, 0.29) is 5.02 Å². The topological polar surface area (TPSA) is 61.9 Å². The number of nitrogens with zero attached hydrogens (tertiary/aromatic N) is 2. The number of nitrogens with one attached hydrogen (secondary N) is 3. The van der Waals surface area contributed by atoms with Gasteiger partial charge in [0.1, 0.15) is 11.6 Å². The largest absolute Gasteiger partial charge is 0.366 e. The summed E-state index contributed by atoms with van der Waals surface area (Å²) in [6.45, 7) is 4.03. The van der Waals surface area contributed by atoms with Gasteiger partial charge in [0.15, 0.2) is 0 Å². The molecule has 1 aliphatic heterocycles. The number of hydrogen-bond donors (Lipinski definition) is 3. The van der Waals surface area contributed by atoms with Gasteiger partial charge in [0.25, 0.3) is 0 Å². The SMILES string of the molecule is CC[C@@H](Nc1nc(Nc2ccc(F)c(Cl)c2)nc2c(C3=CCNCC3)cccc12)C1CC1. The first-order valence-electron chi connectivity index (χ1n) is 11.3. The summed E-state index contributed by atoms with van der Waals surface area (Å²) in [5.74, 6) is 1.55. The molecular weight excluding hydrogens is 425 g/mol. The lowest BCUT2D eigenvalue weighted by Crippen LogP contribution is -2.22. The van der Waals surface area contributed by atoms with Crippen molar-refractivity contribution in [3.63, 3.8) is 0 Å². The summed E-state index contributed by atoms with van der Waals surface area (Å²) in [6, 6.07) is 11.2. The van der Waals surface area contributed by atoms with Gasteiger partial charge in [0.05, 0.1) is 10.5 Å². The minimum Gasteiger partial charge on any atom is -0.366 e. The van der Waals surface area contributed by atoms with Gasteiger partial charge in [0.2, 0.25) is 5.95 Å². The van der Waals surface area contributed by atoms with Crippen molar-refractivity contribution < 1.29 is 4.39 Å². The third-order valence-electron chi connectivity index (χ3n) is 6.27. The number of halogens is 2. The van der Waals surface area contributed by atoms with Crippen LogP contribution < -0.4 is 16.0 Å². The maximum atomic E-state index is 13.6. The Labute approximate surface area is 192 Å². The number of rotatable bonds is 7. The fraction of sp³-hybridized carbons (Fsp3) is 0.360. The number of benzene rings is 2. The van der Waals surface area contributed by atoms with Crippen LogP contribution in [0, 0.1) is 11.7 Å². The van der Waals surface area contributed by atoms with E-state index < -0.39 is 5.82 Å². The highest BCUT2D eigenvalue weighted by Crippen LogP contribution is 2.37. The molecule has 3 aromatic rings. The molecule has 166 valence electrons. The van der Waals surface area contributed by atoms with E-state index in [1.165, 1.54) is 24.5 Å². The second kappa shape index (κ2) is 9.04. The van der Waals surface area contributed by atoms with Gasteiger partial charge in [-0.25, -0.2) is 9.37 Å². The van der Waals surface area contributed by atoms with Crippen molar-refractivity contribution in [2.24, 2.45) is 5.92 Å². The quantitative estimate of drug-likeness (QED) is 0.402. The second-order valence-electron chi connectivity index (χ2n) is 8.53. The molecule has 1 fully saturated rings. The molecule has 3 N–H and O–H groups in total. The molecule has 2 aromatic carbocycles. The highest BCUT2D eigenvalue weighted by Gasteiger charge is 2.30. The lowest BCUT2D eigenvalue weighted by Gasteiger charge is -2.21. The van der Waals surface area contributed by atoms with E-state index in [2.05, 4.69) is 47.1 Å². The smallest absolute Gasteiger partial charge is 0.229 e. The zero-order chi connectivity index (χ0) is 22.1. The summed E-state index contributed by atoms with van der Waals surface area (Å²) in [5, 5.41) is 11.4. The van der Waals surface area contributed by atoms with Crippen molar-refractivity contribution in [2.45, 2.75) is 38.6 Å². The third-order valence-corrected chi connectivity index (χ3v) is 6.55. The zero-order valence-electron chi connectivity index (χ0n) is 18.1. The first kappa shape index (κ1) is 21.2. The van der Waals surface area contributed by atoms with Crippen LogP contribution >= 0.6 is 11.6 Å². The average molecular weight is 452 g/mol. The molecule has 2 heterocycles. The molecule has 0 unspecified atom stereocenters. The van der Waals surface area contributed by atoms with Crippen LogP contribution in [0.5, 0.6) is 0 Å². The van der Waals surface area contributed by atoms with Gasteiger partial charge in [-0.3, -0.25) is 0 Å². The van der Waals surface area contributed by atoms with E-state index in [1.54, 1.807) is 12.1 Å². The first-order chi connectivity index (χ1) is 15.6. The van der Waals surface area contributed by atoms with Crippen molar-refractivity contribution >= 4 is 45.5 Å². The molecule has 1 atom stereocenters. The van der Waals surface area contributed by atoms with Crippen LogP contribution in [0.3, 0.4) is 0 Å². The molecule has 0 radical (unpaired) electrons. The molecule has 1 aromatic heterocycles. The minimum absolute atomic E-state index is 0.0643. The van der Waals surface area contributed by atoms with Gasteiger partial charge in [0, 0.05) is 29.2 Å². The van der Waals surface area contributed by atoms with E-state index in [4.69, 9.17) is 21.6 Å². The lowest BCUT2D eigenvalue weighted by atomic mass is 9.97. The monoisotopic (exact) mass is 451 g/mol. The van der Waals surface area contributed by atoms with Gasteiger partial charge in [-0.2, -0.15) is 4.98 Å². The average Bonchev–Trinajstić information content (AvgIpc) is 3.65. The summed E-state index contributed by atoms with van der Waals surface area (Å²) in [6.07, 6.45) is 6.77. The fourth-order valence-corrected chi connectivity index (χ4v) is 4.56. The van der Waals surface area contributed by atoms with E-state index >= 15 is 0 Å². The first-order valence-corrected chi connectivity index (χ1v) is 11.7. The minimum atomic E-state index is -0.450. The van der Waals surface area contributed by atoms with Crippen LogP contribution in [0.15, 0.2) is 42.5 Å². The van der Waals surface area contributed by atoms with E-state index in [0.29, 0.717) is 23.6 Å². The molecule has 7 heteroatoms. The van der Waals surface area contributed by atoms with Crippen LogP contribution in [0.25, 0.3) is 16.5 Å². The van der Waals surface area contributed by atoms with Gasteiger partial charge >= 0.3 is 0 Å². The Bertz CT molecular complexity index is 1170. The van der Waals surface area contributed by atoms with Crippen molar-refractivity contribution in [1.29, 1.82) is 0 Å². The maximum Gasteiger partial charge on any atom is 0.229 e. The van der Waals surface area contributed by atoms with Crippen LogP contribution in [0.4, 0.5) is 21.8 Å². The molecule has 1 aliphatic carbocycles. The van der Waals surface area contributed by atoms with Crippen molar-refractivity contribution in [3.05, 3.63) is 58.9 Å². The number of fused-ring (bicyclic) bond motifs is 1. The van der Waals surface area contributed by atoms with Crippen molar-refractivity contribution in [3.8, 4) is 0 Å². The van der Waals surface area contributed by atoms with Gasteiger partial charge < -0.3 is 16.0 Å². The van der Waals surface area contributed by atoms with Gasteiger partial charge in [-0.1, -0.05) is 36.7 Å². The summed E-state index contributed by atoms with van der Waals surface area (Å²) in [4.78, 5) is 9.72. The molecule has 0 saturated heterocycles. The predicted octanol–water partition coefficient (Wildman–Crippen LogP) is 6.14. The molecule has 32 heavy (non-hydrogen) atoms. The number of anilines is 3. The molecule has 1 saturated carbocycles. The molecule has 0 bridgehead atoms. The number of hydrogen-bond acceptors (Lipinski definition) is 5. The van der Waals surface area contributed by atoms with Gasteiger partial charge in [-0.15, -0.1) is 0 Å². The molecule has 0 amide bonds. The van der Waals surface area contributed by atoms with E-state index in [0.717, 1.165) is 48.2 Å².